The summed E-state index contributed by atoms with van der Waals surface area (Å²) >= 11 is 0. The van der Waals surface area contributed by atoms with Crippen LogP contribution in [0.4, 0.5) is 0 Å². The highest BCUT2D eigenvalue weighted by Gasteiger charge is 2.22. The maximum atomic E-state index is 10.7. The van der Waals surface area contributed by atoms with Crippen LogP contribution in [0.2, 0.25) is 0 Å². The van der Waals surface area contributed by atoms with Gasteiger partial charge in [0.25, 0.3) is 0 Å². The molecule has 0 saturated heterocycles. The van der Waals surface area contributed by atoms with Crippen molar-refractivity contribution in [3.8, 4) is 46.4 Å². The Morgan fingerprint density at radius 2 is 0.842 bits per heavy atom. The summed E-state index contributed by atoms with van der Waals surface area (Å²) in [6.45, 7) is 0. The van der Waals surface area contributed by atoms with Gasteiger partial charge in [0.15, 0.2) is 0 Å². The molecule has 0 N–H and O–H groups in total. The summed E-state index contributed by atoms with van der Waals surface area (Å²) in [4.78, 5) is 0. The van der Waals surface area contributed by atoms with Gasteiger partial charge in [0.2, 0.25) is 0 Å². The molecule has 6 nitrogen and oxygen atoms in total. The molecule has 0 saturated carbocycles. The number of fused-ring (bicyclic) bond motifs is 9. The van der Waals surface area contributed by atoms with E-state index in [1.165, 1.54) is 10.8 Å². The van der Waals surface area contributed by atoms with Crippen LogP contribution in [0.1, 0.15) is 16.7 Å². The first-order chi connectivity index (χ1) is 28.1. The van der Waals surface area contributed by atoms with Gasteiger partial charge < -0.3 is 13.7 Å². The van der Waals surface area contributed by atoms with E-state index in [1.807, 2.05) is 66.7 Å². The fourth-order valence-corrected chi connectivity index (χ4v) is 8.93. The Balaban J connectivity index is 1.17. The van der Waals surface area contributed by atoms with Crippen LogP contribution in [0.3, 0.4) is 0 Å². The molecule has 0 aliphatic carbocycles. The maximum Gasteiger partial charge on any atom is 0.101 e. The second-order valence-corrected chi connectivity index (χ2v) is 14.3. The molecule has 6 heteroatoms. The topological polar surface area (TPSA) is 86.2 Å². The maximum absolute atomic E-state index is 10.7. The molecule has 57 heavy (non-hydrogen) atoms. The summed E-state index contributed by atoms with van der Waals surface area (Å²) in [7, 11) is 0. The van der Waals surface area contributed by atoms with Crippen molar-refractivity contribution in [2.75, 3.05) is 0 Å². The summed E-state index contributed by atoms with van der Waals surface area (Å²) in [5, 5.41) is 37.4. The fourth-order valence-electron chi connectivity index (χ4n) is 8.93. The molecule has 262 valence electrons. The standard InChI is InChI=1S/C51H28N6/c52-29-32-20-22-49-43(26-32)41-13-3-7-18-47(41)56(49)37-25-33(30-53)24-35(27-37)38-15-9-10-34(31-54)51(38)57-48-19-8-4-14-42(48)44-28-36(21-23-50(44)57)55-45-16-5-1-11-39(45)40-12-2-6-17-46(40)55/h1-28H. The van der Waals surface area contributed by atoms with Crippen molar-refractivity contribution in [1.29, 1.82) is 15.8 Å². The molecule has 0 bridgehead atoms. The Morgan fingerprint density at radius 1 is 0.333 bits per heavy atom. The third-order valence-corrected chi connectivity index (χ3v) is 11.3. The Morgan fingerprint density at radius 3 is 1.46 bits per heavy atom. The first kappa shape index (κ1) is 32.1. The number of para-hydroxylation sites is 5. The van der Waals surface area contributed by atoms with Crippen molar-refractivity contribution in [1.82, 2.24) is 13.7 Å². The van der Waals surface area contributed by atoms with Gasteiger partial charge in [-0.05, 0) is 90.5 Å². The Hall–Kier alpha value is -8.37. The van der Waals surface area contributed by atoms with Gasteiger partial charge in [-0.1, -0.05) is 84.9 Å². The molecule has 3 heterocycles. The number of nitriles is 3. The van der Waals surface area contributed by atoms with Gasteiger partial charge in [0, 0.05) is 49.3 Å². The van der Waals surface area contributed by atoms with Crippen LogP contribution in [0, 0.1) is 34.0 Å². The van der Waals surface area contributed by atoms with E-state index in [0.717, 1.165) is 82.8 Å². The van der Waals surface area contributed by atoms with Crippen LogP contribution in [0.5, 0.6) is 0 Å². The number of aromatic nitrogens is 3. The van der Waals surface area contributed by atoms with Crippen molar-refractivity contribution < 1.29 is 0 Å². The molecule has 0 radical (unpaired) electrons. The zero-order valence-corrected chi connectivity index (χ0v) is 30.3. The third-order valence-electron chi connectivity index (χ3n) is 11.3. The van der Waals surface area contributed by atoms with Crippen molar-refractivity contribution >= 4 is 65.4 Å². The van der Waals surface area contributed by atoms with E-state index >= 15 is 0 Å². The monoisotopic (exact) mass is 724 g/mol. The van der Waals surface area contributed by atoms with E-state index in [-0.39, 0.29) is 0 Å². The lowest BCUT2D eigenvalue weighted by Gasteiger charge is -2.17. The van der Waals surface area contributed by atoms with Crippen LogP contribution >= 0.6 is 0 Å². The third kappa shape index (κ3) is 4.68. The average molecular weight is 725 g/mol. The molecule has 0 unspecified atom stereocenters. The van der Waals surface area contributed by atoms with Gasteiger partial charge in [0.05, 0.1) is 67.6 Å². The van der Waals surface area contributed by atoms with E-state index in [9.17, 15) is 15.8 Å². The molecular weight excluding hydrogens is 697 g/mol. The quantitative estimate of drug-likeness (QED) is 0.181. The molecule has 0 aliphatic heterocycles. The molecule has 8 aromatic carbocycles. The fraction of sp³-hybridized carbons (Fsp3) is 0. The lowest BCUT2D eigenvalue weighted by Crippen LogP contribution is -2.02. The van der Waals surface area contributed by atoms with E-state index < -0.39 is 0 Å². The smallest absolute Gasteiger partial charge is 0.101 e. The van der Waals surface area contributed by atoms with Crippen LogP contribution in [-0.2, 0) is 0 Å². The minimum atomic E-state index is 0.494. The predicted molar refractivity (Wildman–Crippen MR) is 229 cm³/mol. The SMILES string of the molecule is N#Cc1cc(-c2cccc(C#N)c2-n2c3ccccc3c3cc(-n4c5ccccc5c5ccccc54)ccc32)cc(-n2c3ccccc3c3cc(C#N)ccc32)c1. The van der Waals surface area contributed by atoms with Gasteiger partial charge in [-0.15, -0.1) is 0 Å². The van der Waals surface area contributed by atoms with Crippen molar-refractivity contribution in [2.24, 2.45) is 0 Å². The Bertz CT molecular complexity index is 3580. The highest BCUT2D eigenvalue weighted by Crippen LogP contribution is 2.41. The van der Waals surface area contributed by atoms with E-state index in [0.29, 0.717) is 16.7 Å². The molecule has 0 atom stereocenters. The molecular formula is C51H28N6. The minimum Gasteiger partial charge on any atom is -0.309 e. The molecule has 0 aliphatic rings. The molecule has 0 amide bonds. The second-order valence-electron chi connectivity index (χ2n) is 14.3. The molecule has 11 aromatic rings. The number of nitrogens with zero attached hydrogens (tertiary/aromatic N) is 6. The summed E-state index contributed by atoms with van der Waals surface area (Å²) in [5.74, 6) is 0. The van der Waals surface area contributed by atoms with Crippen molar-refractivity contribution in [2.45, 2.75) is 0 Å². The first-order valence-electron chi connectivity index (χ1n) is 18.7. The normalized spacial score (nSPS) is 11.5. The number of hydrogen-bond donors (Lipinski definition) is 0. The van der Waals surface area contributed by atoms with Gasteiger partial charge >= 0.3 is 0 Å². The second kappa shape index (κ2) is 12.3. The summed E-state index contributed by atoms with van der Waals surface area (Å²) < 4.78 is 6.69. The zero-order chi connectivity index (χ0) is 38.2. The predicted octanol–water partition coefficient (Wildman–Crippen LogP) is 12.3. The number of rotatable bonds is 4. The van der Waals surface area contributed by atoms with Gasteiger partial charge in [-0.25, -0.2) is 0 Å². The lowest BCUT2D eigenvalue weighted by molar-refractivity contribution is 1.15. The Kier molecular flexibility index (Phi) is 6.95. The van der Waals surface area contributed by atoms with Crippen molar-refractivity contribution in [3.63, 3.8) is 0 Å². The summed E-state index contributed by atoms with van der Waals surface area (Å²) in [6.07, 6.45) is 0. The van der Waals surface area contributed by atoms with Crippen LogP contribution in [0.25, 0.3) is 93.6 Å². The van der Waals surface area contributed by atoms with Gasteiger partial charge in [-0.2, -0.15) is 15.8 Å². The van der Waals surface area contributed by atoms with Crippen LogP contribution in [0.15, 0.2) is 170 Å². The van der Waals surface area contributed by atoms with Crippen LogP contribution in [-0.4, -0.2) is 13.7 Å². The lowest BCUT2D eigenvalue weighted by atomic mass is 9.97. The average Bonchev–Trinajstić information content (AvgIpc) is 3.91. The summed E-state index contributed by atoms with van der Waals surface area (Å²) in [6, 6.07) is 64.7. The highest BCUT2D eigenvalue weighted by atomic mass is 15.0. The minimum absolute atomic E-state index is 0.494. The van der Waals surface area contributed by atoms with Gasteiger partial charge in [0.1, 0.15) is 6.07 Å². The van der Waals surface area contributed by atoms with Crippen molar-refractivity contribution in [3.05, 3.63) is 187 Å². The zero-order valence-electron chi connectivity index (χ0n) is 30.3. The van der Waals surface area contributed by atoms with E-state index in [4.69, 9.17) is 0 Å². The Labute approximate surface area is 326 Å². The van der Waals surface area contributed by atoms with E-state index in [2.05, 4.69) is 135 Å². The largest absolute Gasteiger partial charge is 0.309 e. The number of benzene rings is 8. The van der Waals surface area contributed by atoms with E-state index in [1.54, 1.807) is 0 Å². The molecule has 0 spiro atoms. The molecule has 3 aromatic heterocycles. The van der Waals surface area contributed by atoms with Crippen LogP contribution < -0.4 is 0 Å². The van der Waals surface area contributed by atoms with Gasteiger partial charge in [-0.3, -0.25) is 0 Å². The first-order valence-corrected chi connectivity index (χ1v) is 18.7. The number of hydrogen-bond acceptors (Lipinski definition) is 3. The summed E-state index contributed by atoms with van der Waals surface area (Å²) in [5.41, 5.74) is 12.0. The molecule has 0 fully saturated rings. The molecule has 11 rings (SSSR count). The highest BCUT2D eigenvalue weighted by molar-refractivity contribution is 6.13.